The van der Waals surface area contributed by atoms with Crippen molar-refractivity contribution in [3.8, 4) is 6.01 Å². The van der Waals surface area contributed by atoms with Crippen LogP contribution in [0.1, 0.15) is 20.3 Å². The van der Waals surface area contributed by atoms with Gasteiger partial charge in [0.15, 0.2) is 0 Å². The van der Waals surface area contributed by atoms with E-state index in [2.05, 4.69) is 32.1 Å². The Kier molecular flexibility index (Phi) is 5.50. The second-order valence-electron chi connectivity index (χ2n) is 4.20. The molecule has 0 saturated carbocycles. The van der Waals surface area contributed by atoms with Gasteiger partial charge in [0.1, 0.15) is 0 Å². The van der Waals surface area contributed by atoms with Crippen molar-refractivity contribution in [2.24, 2.45) is 0 Å². The van der Waals surface area contributed by atoms with E-state index < -0.39 is 0 Å². The standard InChI is InChI=1S/C12H21N5OS/c1-3-5-13-10-14-11(16-12(15-10)18-4-2)17-6-8-19-9-7-17/h3-9H2,1-2H3,(H,13,14,15,16). The average molecular weight is 283 g/mol. The lowest BCUT2D eigenvalue weighted by molar-refractivity contribution is 0.312. The Labute approximate surface area is 118 Å². The molecule has 2 heterocycles. The molecule has 1 aromatic heterocycles. The van der Waals surface area contributed by atoms with Crippen LogP contribution in [0.2, 0.25) is 0 Å². The molecule has 0 radical (unpaired) electrons. The maximum atomic E-state index is 5.42. The van der Waals surface area contributed by atoms with Crippen molar-refractivity contribution in [2.45, 2.75) is 20.3 Å². The molecule has 1 aromatic rings. The largest absolute Gasteiger partial charge is 0.464 e. The number of thioether (sulfide) groups is 1. The molecule has 106 valence electrons. The van der Waals surface area contributed by atoms with Gasteiger partial charge >= 0.3 is 6.01 Å². The normalized spacial score (nSPS) is 15.4. The van der Waals surface area contributed by atoms with Gasteiger partial charge in [-0.25, -0.2) is 0 Å². The molecule has 1 aliphatic rings. The van der Waals surface area contributed by atoms with Gasteiger partial charge in [-0.05, 0) is 13.3 Å². The smallest absolute Gasteiger partial charge is 0.323 e. The summed E-state index contributed by atoms with van der Waals surface area (Å²) in [5.74, 6) is 3.56. The summed E-state index contributed by atoms with van der Waals surface area (Å²) in [6.45, 7) is 7.42. The predicted octanol–water partition coefficient (Wildman–Crippen LogP) is 1.65. The fourth-order valence-electron chi connectivity index (χ4n) is 1.76. The Morgan fingerprint density at radius 1 is 1.21 bits per heavy atom. The van der Waals surface area contributed by atoms with Gasteiger partial charge in [0.25, 0.3) is 0 Å². The predicted molar refractivity (Wildman–Crippen MR) is 79.3 cm³/mol. The zero-order valence-electron chi connectivity index (χ0n) is 11.6. The van der Waals surface area contributed by atoms with Crippen molar-refractivity contribution in [3.63, 3.8) is 0 Å². The lowest BCUT2D eigenvalue weighted by atomic mass is 10.5. The van der Waals surface area contributed by atoms with Gasteiger partial charge in [-0.15, -0.1) is 0 Å². The van der Waals surface area contributed by atoms with Gasteiger partial charge in [0.2, 0.25) is 11.9 Å². The van der Waals surface area contributed by atoms with Gasteiger partial charge < -0.3 is 15.0 Å². The molecule has 0 unspecified atom stereocenters. The topological polar surface area (TPSA) is 63.2 Å². The molecule has 2 rings (SSSR count). The van der Waals surface area contributed by atoms with E-state index in [-0.39, 0.29) is 0 Å². The van der Waals surface area contributed by atoms with E-state index >= 15 is 0 Å². The van der Waals surface area contributed by atoms with Gasteiger partial charge in [-0.3, -0.25) is 0 Å². The molecule has 19 heavy (non-hydrogen) atoms. The molecule has 0 aliphatic carbocycles. The van der Waals surface area contributed by atoms with E-state index in [1.807, 2.05) is 18.7 Å². The van der Waals surface area contributed by atoms with Crippen LogP contribution < -0.4 is 15.0 Å². The van der Waals surface area contributed by atoms with Crippen LogP contribution in [0, 0.1) is 0 Å². The van der Waals surface area contributed by atoms with Gasteiger partial charge in [-0.2, -0.15) is 26.7 Å². The van der Waals surface area contributed by atoms with Crippen molar-refractivity contribution < 1.29 is 4.74 Å². The SMILES string of the molecule is CCCNc1nc(OCC)nc(N2CCSCC2)n1. The summed E-state index contributed by atoms with van der Waals surface area (Å²) >= 11 is 1.97. The van der Waals surface area contributed by atoms with Crippen LogP contribution in [0.4, 0.5) is 11.9 Å². The van der Waals surface area contributed by atoms with Gasteiger partial charge in [0, 0.05) is 31.1 Å². The van der Waals surface area contributed by atoms with Gasteiger partial charge in [-0.1, -0.05) is 6.92 Å². The van der Waals surface area contributed by atoms with Crippen LogP contribution in [-0.4, -0.2) is 52.7 Å². The second-order valence-corrected chi connectivity index (χ2v) is 5.43. The molecule has 0 bridgehead atoms. The fraction of sp³-hybridized carbons (Fsp3) is 0.750. The van der Waals surface area contributed by atoms with Crippen molar-refractivity contribution in [3.05, 3.63) is 0 Å². The highest BCUT2D eigenvalue weighted by Gasteiger charge is 2.16. The first-order valence-electron chi connectivity index (χ1n) is 6.79. The quantitative estimate of drug-likeness (QED) is 0.851. The lowest BCUT2D eigenvalue weighted by Gasteiger charge is -2.26. The lowest BCUT2D eigenvalue weighted by Crippen LogP contribution is -2.34. The number of hydrogen-bond acceptors (Lipinski definition) is 7. The molecule has 6 nitrogen and oxygen atoms in total. The van der Waals surface area contributed by atoms with E-state index in [1.165, 1.54) is 0 Å². The van der Waals surface area contributed by atoms with Crippen molar-refractivity contribution in [1.29, 1.82) is 0 Å². The van der Waals surface area contributed by atoms with E-state index in [0.29, 0.717) is 18.6 Å². The molecule has 0 spiro atoms. The molecule has 7 heteroatoms. The molecule has 0 aromatic carbocycles. The Bertz CT molecular complexity index is 398. The Morgan fingerprint density at radius 3 is 2.68 bits per heavy atom. The summed E-state index contributed by atoms with van der Waals surface area (Å²) in [5.41, 5.74) is 0. The van der Waals surface area contributed by atoms with Crippen molar-refractivity contribution in [2.75, 3.05) is 48.0 Å². The molecular formula is C12H21N5OS. The summed E-state index contributed by atoms with van der Waals surface area (Å²) in [6.07, 6.45) is 1.03. The first-order valence-corrected chi connectivity index (χ1v) is 7.94. The highest BCUT2D eigenvalue weighted by atomic mass is 32.2. The highest BCUT2D eigenvalue weighted by Crippen LogP contribution is 2.19. The number of nitrogens with zero attached hydrogens (tertiary/aromatic N) is 4. The Hall–Kier alpha value is -1.24. The van der Waals surface area contributed by atoms with Crippen LogP contribution in [-0.2, 0) is 0 Å². The van der Waals surface area contributed by atoms with Crippen LogP contribution in [0.3, 0.4) is 0 Å². The van der Waals surface area contributed by atoms with E-state index in [1.54, 1.807) is 0 Å². The number of nitrogens with one attached hydrogen (secondary N) is 1. The first-order chi connectivity index (χ1) is 9.33. The van der Waals surface area contributed by atoms with Crippen LogP contribution in [0.25, 0.3) is 0 Å². The summed E-state index contributed by atoms with van der Waals surface area (Å²) in [6, 6.07) is 0.407. The summed E-state index contributed by atoms with van der Waals surface area (Å²) < 4.78 is 5.42. The zero-order valence-corrected chi connectivity index (χ0v) is 12.4. The Balaban J connectivity index is 2.17. The van der Waals surface area contributed by atoms with E-state index in [4.69, 9.17) is 4.74 Å². The van der Waals surface area contributed by atoms with Crippen LogP contribution in [0.15, 0.2) is 0 Å². The molecule has 0 amide bonds. The van der Waals surface area contributed by atoms with Gasteiger partial charge in [0.05, 0.1) is 6.61 Å². The first kappa shape index (κ1) is 14.2. The summed E-state index contributed by atoms with van der Waals surface area (Å²) in [7, 11) is 0. The molecular weight excluding hydrogens is 262 g/mol. The molecule has 1 saturated heterocycles. The summed E-state index contributed by atoms with van der Waals surface area (Å²) in [5, 5.41) is 3.20. The zero-order chi connectivity index (χ0) is 13.5. The Morgan fingerprint density at radius 2 is 2.00 bits per heavy atom. The number of hydrogen-bond donors (Lipinski definition) is 1. The number of anilines is 2. The average Bonchev–Trinajstić information content (AvgIpc) is 2.46. The van der Waals surface area contributed by atoms with Crippen LogP contribution in [0.5, 0.6) is 6.01 Å². The maximum absolute atomic E-state index is 5.42. The van der Waals surface area contributed by atoms with Crippen molar-refractivity contribution >= 4 is 23.7 Å². The fourth-order valence-corrected chi connectivity index (χ4v) is 2.66. The maximum Gasteiger partial charge on any atom is 0.323 e. The molecule has 1 N–H and O–H groups in total. The second kappa shape index (κ2) is 7.37. The minimum absolute atomic E-state index is 0.407. The van der Waals surface area contributed by atoms with E-state index in [0.717, 1.165) is 43.5 Å². The third-order valence-electron chi connectivity index (χ3n) is 2.70. The third kappa shape index (κ3) is 4.12. The molecule has 0 atom stereocenters. The third-order valence-corrected chi connectivity index (χ3v) is 3.65. The minimum atomic E-state index is 0.407. The number of ether oxygens (including phenoxy) is 1. The summed E-state index contributed by atoms with van der Waals surface area (Å²) in [4.78, 5) is 15.3. The number of aromatic nitrogens is 3. The van der Waals surface area contributed by atoms with Crippen molar-refractivity contribution in [1.82, 2.24) is 15.0 Å². The monoisotopic (exact) mass is 283 g/mol. The highest BCUT2D eigenvalue weighted by molar-refractivity contribution is 7.99. The molecule has 1 aliphatic heterocycles. The molecule has 1 fully saturated rings. The van der Waals surface area contributed by atoms with Crippen LogP contribution >= 0.6 is 11.8 Å². The van der Waals surface area contributed by atoms with E-state index in [9.17, 15) is 0 Å². The number of rotatable bonds is 6. The minimum Gasteiger partial charge on any atom is -0.464 e.